The smallest absolute Gasteiger partial charge is 0.244 e. The Bertz CT molecular complexity index is 266. The van der Waals surface area contributed by atoms with Crippen LogP contribution in [0.2, 0.25) is 0 Å². The second-order valence-electron chi connectivity index (χ2n) is 3.20. The molecule has 0 aliphatic carbocycles. The minimum atomic E-state index is 0.215. The summed E-state index contributed by atoms with van der Waals surface area (Å²) in [6.07, 6.45) is 0. The van der Waals surface area contributed by atoms with Crippen molar-refractivity contribution < 1.29 is 0 Å². The average Bonchev–Trinajstić information content (AvgIpc) is 2.68. The largest absolute Gasteiger partial charge is 0.340 e. The molecule has 1 rings (SSSR count). The fraction of sp³-hybridized carbons (Fsp3) is 0.778. The molecular formula is C9H19N5. The highest BCUT2D eigenvalue weighted by atomic mass is 15.4. The predicted molar refractivity (Wildman–Crippen MR) is 57.4 cm³/mol. The molecule has 0 bridgehead atoms. The van der Waals surface area contributed by atoms with Gasteiger partial charge in [-0.25, -0.2) is 0 Å². The first-order valence-electron chi connectivity index (χ1n) is 5.07. The lowest BCUT2D eigenvalue weighted by Crippen LogP contribution is -2.23. The van der Waals surface area contributed by atoms with E-state index >= 15 is 0 Å². The van der Waals surface area contributed by atoms with Gasteiger partial charge in [-0.15, -0.1) is 5.10 Å². The molecule has 0 amide bonds. The SMILES string of the molecule is CCN(CC)c1n[nH]c(C(C)NC)n1. The van der Waals surface area contributed by atoms with Gasteiger partial charge in [0, 0.05) is 13.1 Å². The molecule has 1 aromatic rings. The van der Waals surface area contributed by atoms with Gasteiger partial charge in [0.1, 0.15) is 5.82 Å². The lowest BCUT2D eigenvalue weighted by atomic mass is 10.3. The molecular weight excluding hydrogens is 178 g/mol. The molecule has 1 unspecified atom stereocenters. The number of rotatable bonds is 5. The third kappa shape index (κ3) is 2.23. The summed E-state index contributed by atoms with van der Waals surface area (Å²) in [6.45, 7) is 8.11. The monoisotopic (exact) mass is 197 g/mol. The summed E-state index contributed by atoms with van der Waals surface area (Å²) in [5.41, 5.74) is 0. The van der Waals surface area contributed by atoms with Crippen LogP contribution in [0.5, 0.6) is 0 Å². The van der Waals surface area contributed by atoms with E-state index in [0.29, 0.717) is 0 Å². The highest BCUT2D eigenvalue weighted by Crippen LogP contribution is 2.10. The molecule has 5 heteroatoms. The molecule has 0 radical (unpaired) electrons. The lowest BCUT2D eigenvalue weighted by molar-refractivity contribution is 0.613. The van der Waals surface area contributed by atoms with E-state index in [1.807, 2.05) is 14.0 Å². The molecule has 2 N–H and O–H groups in total. The van der Waals surface area contributed by atoms with Gasteiger partial charge in [0.25, 0.3) is 0 Å². The average molecular weight is 197 g/mol. The number of nitrogens with zero attached hydrogens (tertiary/aromatic N) is 3. The number of nitrogens with one attached hydrogen (secondary N) is 2. The number of aromatic nitrogens is 3. The van der Waals surface area contributed by atoms with Crippen LogP contribution in [0.25, 0.3) is 0 Å². The highest BCUT2D eigenvalue weighted by Gasteiger charge is 2.11. The minimum Gasteiger partial charge on any atom is -0.340 e. The van der Waals surface area contributed by atoms with Gasteiger partial charge < -0.3 is 10.2 Å². The zero-order valence-electron chi connectivity index (χ0n) is 9.33. The second-order valence-corrected chi connectivity index (χ2v) is 3.20. The van der Waals surface area contributed by atoms with Gasteiger partial charge in [-0.1, -0.05) is 0 Å². The standard InChI is InChI=1S/C9H19N5/c1-5-14(6-2)9-11-8(12-13-9)7(3)10-4/h7,10H,5-6H2,1-4H3,(H,11,12,13). The van der Waals surface area contributed by atoms with Crippen LogP contribution in [0.1, 0.15) is 32.6 Å². The number of anilines is 1. The maximum Gasteiger partial charge on any atom is 0.244 e. The van der Waals surface area contributed by atoms with Crippen molar-refractivity contribution in [1.82, 2.24) is 20.5 Å². The number of hydrogen-bond donors (Lipinski definition) is 2. The quantitative estimate of drug-likeness (QED) is 0.737. The molecule has 0 aliphatic rings. The van der Waals surface area contributed by atoms with E-state index in [1.54, 1.807) is 0 Å². The van der Waals surface area contributed by atoms with Crippen molar-refractivity contribution in [2.24, 2.45) is 0 Å². The molecule has 0 spiro atoms. The van der Waals surface area contributed by atoms with E-state index in [-0.39, 0.29) is 6.04 Å². The van der Waals surface area contributed by atoms with Crippen molar-refractivity contribution >= 4 is 5.95 Å². The molecule has 0 saturated carbocycles. The van der Waals surface area contributed by atoms with E-state index in [0.717, 1.165) is 24.9 Å². The van der Waals surface area contributed by atoms with Crippen molar-refractivity contribution in [3.05, 3.63) is 5.82 Å². The Kier molecular flexibility index (Phi) is 3.88. The Morgan fingerprint density at radius 1 is 1.43 bits per heavy atom. The molecule has 0 aliphatic heterocycles. The summed E-state index contributed by atoms with van der Waals surface area (Å²) in [7, 11) is 1.91. The summed E-state index contributed by atoms with van der Waals surface area (Å²) in [6, 6.07) is 0.215. The molecule has 0 aromatic carbocycles. The minimum absolute atomic E-state index is 0.215. The highest BCUT2D eigenvalue weighted by molar-refractivity contribution is 5.28. The summed E-state index contributed by atoms with van der Waals surface area (Å²) in [5, 5.41) is 10.2. The predicted octanol–water partition coefficient (Wildman–Crippen LogP) is 0.931. The van der Waals surface area contributed by atoms with Crippen LogP contribution in [0.15, 0.2) is 0 Å². The molecule has 0 saturated heterocycles. The van der Waals surface area contributed by atoms with Crippen molar-refractivity contribution in [2.75, 3.05) is 25.0 Å². The summed E-state index contributed by atoms with van der Waals surface area (Å²) in [5.74, 6) is 1.67. The first-order chi connectivity index (χ1) is 6.72. The normalized spacial score (nSPS) is 12.9. The van der Waals surface area contributed by atoms with Crippen LogP contribution in [0, 0.1) is 0 Å². The fourth-order valence-electron chi connectivity index (χ4n) is 1.24. The first kappa shape index (κ1) is 11.0. The number of hydrogen-bond acceptors (Lipinski definition) is 4. The van der Waals surface area contributed by atoms with Gasteiger partial charge >= 0.3 is 0 Å². The third-order valence-corrected chi connectivity index (χ3v) is 2.38. The van der Waals surface area contributed by atoms with Crippen molar-refractivity contribution in [1.29, 1.82) is 0 Å². The summed E-state index contributed by atoms with van der Waals surface area (Å²) in [4.78, 5) is 6.53. The first-order valence-corrected chi connectivity index (χ1v) is 5.07. The van der Waals surface area contributed by atoms with Crippen molar-refractivity contribution in [3.63, 3.8) is 0 Å². The van der Waals surface area contributed by atoms with Crippen LogP contribution in [-0.2, 0) is 0 Å². The Hall–Kier alpha value is -1.10. The van der Waals surface area contributed by atoms with E-state index in [9.17, 15) is 0 Å². The van der Waals surface area contributed by atoms with E-state index in [2.05, 4.69) is 39.2 Å². The van der Waals surface area contributed by atoms with Crippen LogP contribution in [-0.4, -0.2) is 35.3 Å². The van der Waals surface area contributed by atoms with E-state index in [4.69, 9.17) is 0 Å². The van der Waals surface area contributed by atoms with Crippen molar-refractivity contribution in [2.45, 2.75) is 26.8 Å². The Morgan fingerprint density at radius 2 is 2.07 bits per heavy atom. The van der Waals surface area contributed by atoms with Crippen LogP contribution in [0.3, 0.4) is 0 Å². The molecule has 0 fully saturated rings. The fourth-order valence-corrected chi connectivity index (χ4v) is 1.24. The van der Waals surface area contributed by atoms with E-state index < -0.39 is 0 Å². The van der Waals surface area contributed by atoms with Crippen LogP contribution < -0.4 is 10.2 Å². The van der Waals surface area contributed by atoms with Gasteiger partial charge in [0.2, 0.25) is 5.95 Å². The van der Waals surface area contributed by atoms with Gasteiger partial charge in [0.15, 0.2) is 0 Å². The zero-order chi connectivity index (χ0) is 10.6. The number of aromatic amines is 1. The van der Waals surface area contributed by atoms with Crippen LogP contribution >= 0.6 is 0 Å². The molecule has 1 atom stereocenters. The molecule has 80 valence electrons. The lowest BCUT2D eigenvalue weighted by Gasteiger charge is -2.15. The third-order valence-electron chi connectivity index (χ3n) is 2.38. The van der Waals surface area contributed by atoms with Gasteiger partial charge in [0.05, 0.1) is 6.04 Å². The molecule has 1 heterocycles. The zero-order valence-corrected chi connectivity index (χ0v) is 9.33. The van der Waals surface area contributed by atoms with Gasteiger partial charge in [-0.3, -0.25) is 5.10 Å². The van der Waals surface area contributed by atoms with Gasteiger partial charge in [-0.05, 0) is 27.8 Å². The molecule has 1 aromatic heterocycles. The van der Waals surface area contributed by atoms with Gasteiger partial charge in [-0.2, -0.15) is 4.98 Å². The van der Waals surface area contributed by atoms with E-state index in [1.165, 1.54) is 0 Å². The topological polar surface area (TPSA) is 56.8 Å². The Balaban J connectivity index is 2.76. The maximum atomic E-state index is 4.42. The Morgan fingerprint density at radius 3 is 2.57 bits per heavy atom. The maximum absolute atomic E-state index is 4.42. The summed E-state index contributed by atoms with van der Waals surface area (Å²) < 4.78 is 0. The number of H-pyrrole nitrogens is 1. The second kappa shape index (κ2) is 4.95. The van der Waals surface area contributed by atoms with Crippen molar-refractivity contribution in [3.8, 4) is 0 Å². The molecule has 5 nitrogen and oxygen atoms in total. The Labute approximate surface area is 84.9 Å². The molecule has 14 heavy (non-hydrogen) atoms. The summed E-state index contributed by atoms with van der Waals surface area (Å²) >= 11 is 0. The van der Waals surface area contributed by atoms with Crippen LogP contribution in [0.4, 0.5) is 5.95 Å².